The van der Waals surface area contributed by atoms with Gasteiger partial charge in [0.1, 0.15) is 12.0 Å². The highest BCUT2D eigenvalue weighted by Gasteiger charge is 2.06. The third-order valence-electron chi connectivity index (χ3n) is 2.29. The molecule has 94 valence electrons. The van der Waals surface area contributed by atoms with Crippen LogP contribution in [0.15, 0.2) is 23.3 Å². The van der Waals surface area contributed by atoms with E-state index in [1.165, 1.54) is 19.5 Å². The number of H-pyrrole nitrogens is 1. The van der Waals surface area contributed by atoms with Crippen LogP contribution in [0.2, 0.25) is 0 Å². The maximum absolute atomic E-state index is 11.5. The van der Waals surface area contributed by atoms with Crippen molar-refractivity contribution in [2.45, 2.75) is 6.42 Å². The third-order valence-corrected chi connectivity index (χ3v) is 2.29. The van der Waals surface area contributed by atoms with Crippen LogP contribution in [0.4, 0.5) is 0 Å². The molecule has 0 unspecified atom stereocenters. The van der Waals surface area contributed by atoms with E-state index in [9.17, 15) is 4.79 Å². The van der Waals surface area contributed by atoms with Crippen LogP contribution in [0.5, 0.6) is 5.88 Å². The number of methoxy groups -OCH3 is 1. The van der Waals surface area contributed by atoms with Crippen LogP contribution in [0.3, 0.4) is 0 Å². The predicted molar refractivity (Wildman–Crippen MR) is 65.2 cm³/mol. The summed E-state index contributed by atoms with van der Waals surface area (Å²) in [5.74, 6) is 0.790. The monoisotopic (exact) mass is 247 g/mol. The summed E-state index contributed by atoms with van der Waals surface area (Å²) in [6, 6.07) is 3.03. The summed E-state index contributed by atoms with van der Waals surface area (Å²) < 4.78 is 4.99. The van der Waals surface area contributed by atoms with Crippen LogP contribution in [0.25, 0.3) is 11.5 Å². The first kappa shape index (κ1) is 12.2. The number of nitrogens with zero attached hydrogens (tertiary/aromatic N) is 3. The van der Waals surface area contributed by atoms with Crippen LogP contribution in [0, 0.1) is 0 Å². The molecule has 0 aliphatic carbocycles. The minimum absolute atomic E-state index is 0.235. The Kier molecular flexibility index (Phi) is 3.63. The van der Waals surface area contributed by atoms with Gasteiger partial charge in [-0.25, -0.2) is 15.0 Å². The lowest BCUT2D eigenvalue weighted by Gasteiger charge is -2.04. The summed E-state index contributed by atoms with van der Waals surface area (Å²) in [4.78, 5) is 26.3. The molecular weight excluding hydrogens is 234 g/mol. The average Bonchev–Trinajstić information content (AvgIpc) is 2.38. The van der Waals surface area contributed by atoms with Crippen LogP contribution in [0.1, 0.15) is 5.69 Å². The molecule has 0 atom stereocenters. The molecular formula is C11H13N5O2. The molecule has 18 heavy (non-hydrogen) atoms. The lowest BCUT2D eigenvalue weighted by Crippen LogP contribution is -2.13. The maximum Gasteiger partial charge on any atom is 0.251 e. The lowest BCUT2D eigenvalue weighted by molar-refractivity contribution is 0.397. The van der Waals surface area contributed by atoms with Gasteiger partial charge in [0, 0.05) is 24.2 Å². The largest absolute Gasteiger partial charge is 0.481 e. The maximum atomic E-state index is 11.5. The van der Waals surface area contributed by atoms with Gasteiger partial charge in [-0.05, 0) is 6.54 Å². The standard InChI is InChI=1S/C11H13N5O2/c1-18-10-5-8(13-6-14-10)11-15-7(2-3-12)4-9(17)16-11/h4-6H,2-3,12H2,1H3,(H,15,16,17). The Balaban J connectivity index is 2.45. The normalized spacial score (nSPS) is 10.3. The van der Waals surface area contributed by atoms with E-state index in [1.54, 1.807) is 6.07 Å². The minimum atomic E-state index is -0.235. The number of ether oxygens (including phenoxy) is 1. The fourth-order valence-corrected chi connectivity index (χ4v) is 1.49. The Bertz CT molecular complexity index is 596. The van der Waals surface area contributed by atoms with Crippen molar-refractivity contribution >= 4 is 0 Å². The Morgan fingerprint density at radius 2 is 2.22 bits per heavy atom. The second kappa shape index (κ2) is 5.37. The summed E-state index contributed by atoms with van der Waals surface area (Å²) in [7, 11) is 1.51. The Morgan fingerprint density at radius 3 is 2.94 bits per heavy atom. The zero-order valence-electron chi connectivity index (χ0n) is 9.88. The van der Waals surface area contributed by atoms with E-state index in [1.807, 2.05) is 0 Å². The van der Waals surface area contributed by atoms with Gasteiger partial charge >= 0.3 is 0 Å². The fourth-order valence-electron chi connectivity index (χ4n) is 1.49. The number of aromatic nitrogens is 4. The molecule has 0 aliphatic rings. The second-order valence-electron chi connectivity index (χ2n) is 3.57. The third kappa shape index (κ3) is 2.69. The topological polar surface area (TPSA) is 107 Å². The van der Waals surface area contributed by atoms with Crippen molar-refractivity contribution in [2.24, 2.45) is 5.73 Å². The van der Waals surface area contributed by atoms with Gasteiger partial charge in [-0.3, -0.25) is 4.79 Å². The van der Waals surface area contributed by atoms with E-state index in [2.05, 4.69) is 19.9 Å². The summed E-state index contributed by atoms with van der Waals surface area (Å²) in [6.07, 6.45) is 1.89. The molecule has 3 N–H and O–H groups in total. The van der Waals surface area contributed by atoms with Gasteiger partial charge < -0.3 is 15.5 Å². The first-order valence-corrected chi connectivity index (χ1v) is 5.39. The zero-order valence-corrected chi connectivity index (χ0v) is 9.88. The predicted octanol–water partition coefficient (Wildman–Crippen LogP) is -0.263. The van der Waals surface area contributed by atoms with E-state index in [0.29, 0.717) is 36.1 Å². The van der Waals surface area contributed by atoms with Crippen molar-refractivity contribution in [1.29, 1.82) is 0 Å². The number of nitrogens with one attached hydrogen (secondary N) is 1. The van der Waals surface area contributed by atoms with Crippen LogP contribution in [-0.4, -0.2) is 33.6 Å². The molecule has 2 rings (SSSR count). The molecule has 0 fully saturated rings. The summed E-state index contributed by atoms with van der Waals surface area (Å²) in [6.45, 7) is 0.434. The number of nitrogens with two attached hydrogens (primary N) is 1. The number of aromatic amines is 1. The van der Waals surface area contributed by atoms with E-state index >= 15 is 0 Å². The first-order chi connectivity index (χ1) is 8.72. The molecule has 0 saturated carbocycles. The van der Waals surface area contributed by atoms with Crippen molar-refractivity contribution in [3.8, 4) is 17.4 Å². The van der Waals surface area contributed by atoms with Crippen LogP contribution in [-0.2, 0) is 6.42 Å². The lowest BCUT2D eigenvalue weighted by atomic mass is 10.3. The van der Waals surface area contributed by atoms with E-state index < -0.39 is 0 Å². The van der Waals surface area contributed by atoms with Gasteiger partial charge in [0.2, 0.25) is 5.88 Å². The summed E-state index contributed by atoms with van der Waals surface area (Å²) in [5.41, 5.74) is 6.34. The molecule has 2 aromatic rings. The highest BCUT2D eigenvalue weighted by molar-refractivity contribution is 5.49. The number of hydrogen-bond donors (Lipinski definition) is 2. The van der Waals surface area contributed by atoms with Gasteiger partial charge in [0.25, 0.3) is 5.56 Å². The molecule has 0 aliphatic heterocycles. The molecule has 2 aromatic heterocycles. The van der Waals surface area contributed by atoms with Gasteiger partial charge in [-0.2, -0.15) is 0 Å². The fraction of sp³-hybridized carbons (Fsp3) is 0.273. The Hall–Kier alpha value is -2.28. The Morgan fingerprint density at radius 1 is 1.39 bits per heavy atom. The van der Waals surface area contributed by atoms with Crippen molar-refractivity contribution < 1.29 is 4.74 Å². The second-order valence-corrected chi connectivity index (χ2v) is 3.57. The molecule has 0 spiro atoms. The molecule has 0 aromatic carbocycles. The molecule has 0 bridgehead atoms. The number of rotatable bonds is 4. The van der Waals surface area contributed by atoms with Crippen molar-refractivity contribution in [3.05, 3.63) is 34.5 Å². The molecule has 7 nitrogen and oxygen atoms in total. The van der Waals surface area contributed by atoms with E-state index in [0.717, 1.165) is 0 Å². The van der Waals surface area contributed by atoms with Gasteiger partial charge in [0.15, 0.2) is 5.82 Å². The minimum Gasteiger partial charge on any atom is -0.481 e. The number of hydrogen-bond acceptors (Lipinski definition) is 6. The van der Waals surface area contributed by atoms with E-state index in [4.69, 9.17) is 10.5 Å². The molecule has 0 radical (unpaired) electrons. The van der Waals surface area contributed by atoms with Crippen molar-refractivity contribution in [3.63, 3.8) is 0 Å². The molecule has 0 amide bonds. The highest BCUT2D eigenvalue weighted by Crippen LogP contribution is 2.14. The quantitative estimate of drug-likeness (QED) is 0.770. The van der Waals surface area contributed by atoms with Gasteiger partial charge in [-0.1, -0.05) is 0 Å². The Labute approximate surface area is 103 Å². The first-order valence-electron chi connectivity index (χ1n) is 5.39. The SMILES string of the molecule is COc1cc(-c2nc(CCN)cc(=O)[nH]2)ncn1. The molecule has 2 heterocycles. The summed E-state index contributed by atoms with van der Waals surface area (Å²) in [5, 5.41) is 0. The van der Waals surface area contributed by atoms with E-state index in [-0.39, 0.29) is 5.56 Å². The van der Waals surface area contributed by atoms with Crippen LogP contribution >= 0.6 is 0 Å². The smallest absolute Gasteiger partial charge is 0.251 e. The van der Waals surface area contributed by atoms with Crippen molar-refractivity contribution in [1.82, 2.24) is 19.9 Å². The molecule has 0 saturated heterocycles. The zero-order chi connectivity index (χ0) is 13.0. The summed E-state index contributed by atoms with van der Waals surface area (Å²) >= 11 is 0. The average molecular weight is 247 g/mol. The molecule has 7 heteroatoms. The van der Waals surface area contributed by atoms with Gasteiger partial charge in [-0.15, -0.1) is 0 Å². The van der Waals surface area contributed by atoms with Crippen LogP contribution < -0.4 is 16.0 Å². The van der Waals surface area contributed by atoms with Gasteiger partial charge in [0.05, 0.1) is 7.11 Å². The van der Waals surface area contributed by atoms with Crippen molar-refractivity contribution in [2.75, 3.05) is 13.7 Å². The highest BCUT2D eigenvalue weighted by atomic mass is 16.5.